The Balaban J connectivity index is 1.90. The minimum atomic E-state index is -0.265. The van der Waals surface area contributed by atoms with E-state index in [2.05, 4.69) is 4.98 Å². The van der Waals surface area contributed by atoms with Crippen molar-refractivity contribution in [1.82, 2.24) is 9.88 Å². The molecule has 2 aromatic carbocycles. The molecule has 0 unspecified atom stereocenters. The van der Waals surface area contributed by atoms with Crippen LogP contribution in [0.2, 0.25) is 0 Å². The summed E-state index contributed by atoms with van der Waals surface area (Å²) in [6.45, 7) is 2.80. The van der Waals surface area contributed by atoms with Gasteiger partial charge in [-0.3, -0.25) is 9.59 Å². The Kier molecular flexibility index (Phi) is 5.45. The highest BCUT2D eigenvalue weighted by Crippen LogP contribution is 2.28. The number of amides is 1. The van der Waals surface area contributed by atoms with Crippen LogP contribution < -0.4 is 15.0 Å². The molecule has 3 rings (SSSR count). The molecule has 6 nitrogen and oxygen atoms in total. The summed E-state index contributed by atoms with van der Waals surface area (Å²) in [7, 11) is 3.15. The summed E-state index contributed by atoms with van der Waals surface area (Å²) >= 11 is 0. The van der Waals surface area contributed by atoms with Crippen molar-refractivity contribution < 1.29 is 14.3 Å². The van der Waals surface area contributed by atoms with Crippen LogP contribution in [-0.2, 0) is 6.54 Å². The van der Waals surface area contributed by atoms with E-state index >= 15 is 0 Å². The van der Waals surface area contributed by atoms with Gasteiger partial charge in [0.1, 0.15) is 5.69 Å². The van der Waals surface area contributed by atoms with Gasteiger partial charge in [0.15, 0.2) is 11.5 Å². The lowest BCUT2D eigenvalue weighted by atomic mass is 10.1. The highest BCUT2D eigenvalue weighted by Gasteiger charge is 2.17. The van der Waals surface area contributed by atoms with Crippen molar-refractivity contribution >= 4 is 16.7 Å². The molecule has 1 N–H and O–H groups in total. The predicted molar refractivity (Wildman–Crippen MR) is 105 cm³/mol. The molecule has 0 spiro atoms. The lowest BCUT2D eigenvalue weighted by Gasteiger charge is -2.21. The average Bonchev–Trinajstić information content (AvgIpc) is 2.71. The zero-order valence-corrected chi connectivity index (χ0v) is 15.6. The first-order valence-corrected chi connectivity index (χ1v) is 8.69. The molecule has 3 aromatic rings. The minimum absolute atomic E-state index is 0.227. The van der Waals surface area contributed by atoms with Crippen LogP contribution in [0.15, 0.2) is 53.3 Å². The normalized spacial score (nSPS) is 10.6. The number of aromatic amines is 1. The van der Waals surface area contributed by atoms with E-state index in [1.165, 1.54) is 0 Å². The molecular formula is C21H22N2O4. The van der Waals surface area contributed by atoms with Crippen LogP contribution >= 0.6 is 0 Å². The summed E-state index contributed by atoms with van der Waals surface area (Å²) in [5.74, 6) is 1.02. The number of carbonyl (C=O) groups excluding carboxylic acids is 1. The smallest absolute Gasteiger partial charge is 0.270 e. The Labute approximate surface area is 157 Å². The molecule has 0 atom stereocenters. The number of nitrogens with zero attached hydrogens (tertiary/aromatic N) is 1. The van der Waals surface area contributed by atoms with Crippen molar-refractivity contribution in [2.75, 3.05) is 20.8 Å². The number of benzene rings is 2. The number of carbonyl (C=O) groups is 1. The summed E-state index contributed by atoms with van der Waals surface area (Å²) < 4.78 is 10.6. The second-order valence-corrected chi connectivity index (χ2v) is 6.11. The van der Waals surface area contributed by atoms with Crippen LogP contribution in [0.5, 0.6) is 11.5 Å². The Morgan fingerprint density at radius 3 is 2.48 bits per heavy atom. The number of ether oxygens (including phenoxy) is 2. The van der Waals surface area contributed by atoms with Crippen LogP contribution in [0.4, 0.5) is 0 Å². The molecule has 0 aliphatic carbocycles. The van der Waals surface area contributed by atoms with E-state index < -0.39 is 0 Å². The van der Waals surface area contributed by atoms with Crippen molar-refractivity contribution in [3.8, 4) is 11.5 Å². The van der Waals surface area contributed by atoms with Gasteiger partial charge in [0, 0.05) is 18.5 Å². The number of methoxy groups -OCH3 is 2. The molecule has 27 heavy (non-hydrogen) atoms. The maximum Gasteiger partial charge on any atom is 0.270 e. The topological polar surface area (TPSA) is 71.6 Å². The third kappa shape index (κ3) is 3.79. The van der Waals surface area contributed by atoms with Crippen molar-refractivity contribution in [3.63, 3.8) is 0 Å². The molecule has 140 valence electrons. The lowest BCUT2D eigenvalue weighted by molar-refractivity contribution is 0.0746. The maximum atomic E-state index is 13.0. The zero-order chi connectivity index (χ0) is 19.4. The van der Waals surface area contributed by atoms with E-state index in [-0.39, 0.29) is 17.2 Å². The second kappa shape index (κ2) is 7.95. The van der Waals surface area contributed by atoms with Crippen LogP contribution in [0.3, 0.4) is 0 Å². The monoisotopic (exact) mass is 366 g/mol. The number of H-pyrrole nitrogens is 1. The number of pyridine rings is 1. The fourth-order valence-electron chi connectivity index (χ4n) is 3.02. The number of aromatic nitrogens is 1. The molecule has 0 radical (unpaired) electrons. The van der Waals surface area contributed by atoms with Gasteiger partial charge in [-0.2, -0.15) is 0 Å². The fraction of sp³-hybridized carbons (Fsp3) is 0.238. The van der Waals surface area contributed by atoms with E-state index in [0.29, 0.717) is 30.0 Å². The third-order valence-corrected chi connectivity index (χ3v) is 4.47. The standard InChI is InChI=1S/C21H22N2O4/c1-4-23(13-14-9-10-18(26-2)19(11-14)27-3)21(25)17-12-15-7-5-6-8-16(15)20(24)22-17/h5-12H,4,13H2,1-3H3,(H,22,24). The van der Waals surface area contributed by atoms with Crippen molar-refractivity contribution in [3.05, 3.63) is 70.1 Å². The quantitative estimate of drug-likeness (QED) is 0.727. The number of fused-ring (bicyclic) bond motifs is 1. The van der Waals surface area contributed by atoms with Gasteiger partial charge < -0.3 is 19.4 Å². The van der Waals surface area contributed by atoms with E-state index in [9.17, 15) is 9.59 Å². The molecule has 0 fully saturated rings. The van der Waals surface area contributed by atoms with Gasteiger partial charge >= 0.3 is 0 Å². The highest BCUT2D eigenvalue weighted by molar-refractivity contribution is 5.96. The summed E-state index contributed by atoms with van der Waals surface area (Å²) in [6, 6.07) is 14.5. The highest BCUT2D eigenvalue weighted by atomic mass is 16.5. The lowest BCUT2D eigenvalue weighted by Crippen LogP contribution is -2.32. The Hall–Kier alpha value is -3.28. The molecule has 1 aromatic heterocycles. The molecule has 1 amide bonds. The molecule has 0 saturated heterocycles. The zero-order valence-electron chi connectivity index (χ0n) is 15.6. The van der Waals surface area contributed by atoms with Crippen molar-refractivity contribution in [2.24, 2.45) is 0 Å². The van der Waals surface area contributed by atoms with Gasteiger partial charge in [-0.25, -0.2) is 0 Å². The van der Waals surface area contributed by atoms with Crippen molar-refractivity contribution in [2.45, 2.75) is 13.5 Å². The minimum Gasteiger partial charge on any atom is -0.493 e. The Morgan fingerprint density at radius 1 is 1.04 bits per heavy atom. The Bertz CT molecular complexity index is 1030. The molecular weight excluding hydrogens is 344 g/mol. The van der Waals surface area contributed by atoms with Gasteiger partial charge in [0.25, 0.3) is 11.5 Å². The van der Waals surface area contributed by atoms with E-state index in [4.69, 9.17) is 9.47 Å². The summed E-state index contributed by atoms with van der Waals surface area (Å²) in [6.07, 6.45) is 0. The Morgan fingerprint density at radius 2 is 1.78 bits per heavy atom. The largest absolute Gasteiger partial charge is 0.493 e. The first-order valence-electron chi connectivity index (χ1n) is 8.69. The summed E-state index contributed by atoms with van der Waals surface area (Å²) in [5.41, 5.74) is 0.922. The summed E-state index contributed by atoms with van der Waals surface area (Å²) in [5, 5.41) is 1.31. The maximum absolute atomic E-state index is 13.0. The fourth-order valence-corrected chi connectivity index (χ4v) is 3.02. The van der Waals surface area contributed by atoms with Crippen LogP contribution in [0.1, 0.15) is 23.0 Å². The van der Waals surface area contributed by atoms with Gasteiger partial charge in [0.05, 0.1) is 14.2 Å². The van der Waals surface area contributed by atoms with E-state index in [1.807, 2.05) is 37.3 Å². The number of nitrogens with one attached hydrogen (secondary N) is 1. The van der Waals surface area contributed by atoms with Crippen molar-refractivity contribution in [1.29, 1.82) is 0 Å². The third-order valence-electron chi connectivity index (χ3n) is 4.47. The second-order valence-electron chi connectivity index (χ2n) is 6.11. The van der Waals surface area contributed by atoms with E-state index in [0.717, 1.165) is 10.9 Å². The number of hydrogen-bond acceptors (Lipinski definition) is 4. The van der Waals surface area contributed by atoms with Gasteiger partial charge in [0.2, 0.25) is 0 Å². The predicted octanol–water partition coefficient (Wildman–Crippen LogP) is 3.21. The van der Waals surface area contributed by atoms with Crippen LogP contribution in [0, 0.1) is 0 Å². The average molecular weight is 366 g/mol. The molecule has 0 bridgehead atoms. The molecule has 6 heteroatoms. The van der Waals surface area contributed by atoms with Crippen LogP contribution in [-0.4, -0.2) is 36.6 Å². The first kappa shape index (κ1) is 18.5. The number of hydrogen-bond donors (Lipinski definition) is 1. The van der Waals surface area contributed by atoms with Gasteiger partial charge in [-0.15, -0.1) is 0 Å². The molecule has 0 saturated carbocycles. The first-order chi connectivity index (χ1) is 13.1. The molecule has 0 aliphatic heterocycles. The van der Waals surface area contributed by atoms with Gasteiger partial charge in [-0.05, 0) is 42.1 Å². The summed E-state index contributed by atoms with van der Waals surface area (Å²) in [4.78, 5) is 29.6. The van der Waals surface area contributed by atoms with Crippen LogP contribution in [0.25, 0.3) is 10.8 Å². The van der Waals surface area contributed by atoms with Gasteiger partial charge in [-0.1, -0.05) is 24.3 Å². The molecule has 0 aliphatic rings. The SMILES string of the molecule is CCN(Cc1ccc(OC)c(OC)c1)C(=O)c1cc2ccccc2c(=O)[nH]1. The number of rotatable bonds is 6. The van der Waals surface area contributed by atoms with E-state index in [1.54, 1.807) is 37.3 Å². The molecule has 1 heterocycles.